The predicted octanol–water partition coefficient (Wildman–Crippen LogP) is 4.13. The zero-order chi connectivity index (χ0) is 33.2. The first-order valence-electron chi connectivity index (χ1n) is 16.7. The van der Waals surface area contributed by atoms with E-state index in [-0.39, 0.29) is 30.6 Å². The summed E-state index contributed by atoms with van der Waals surface area (Å²) < 4.78 is 5.48. The van der Waals surface area contributed by atoms with Gasteiger partial charge in [0, 0.05) is 37.4 Å². The SMILES string of the molecule is CC(C)C(CNC(Cc1ccccc1)C[C@H](O)C(Cc1ccccc1)NC(=O)C1CN(c2ccccc2)C(=O)O1)N1CCCNC1=O. The van der Waals surface area contributed by atoms with E-state index in [9.17, 15) is 19.5 Å². The van der Waals surface area contributed by atoms with Gasteiger partial charge in [-0.05, 0) is 54.9 Å². The highest BCUT2D eigenvalue weighted by molar-refractivity contribution is 5.95. The number of ether oxygens (including phenoxy) is 1. The Balaban J connectivity index is 1.31. The largest absolute Gasteiger partial charge is 0.434 e. The highest BCUT2D eigenvalue weighted by atomic mass is 16.6. The van der Waals surface area contributed by atoms with E-state index in [1.165, 1.54) is 4.90 Å². The first-order valence-corrected chi connectivity index (χ1v) is 16.7. The van der Waals surface area contributed by atoms with Crippen LogP contribution in [0.2, 0.25) is 0 Å². The van der Waals surface area contributed by atoms with Gasteiger partial charge < -0.3 is 30.7 Å². The van der Waals surface area contributed by atoms with Crippen molar-refractivity contribution in [2.45, 2.75) is 69.9 Å². The summed E-state index contributed by atoms with van der Waals surface area (Å²) in [7, 11) is 0. The van der Waals surface area contributed by atoms with Crippen LogP contribution in [0.25, 0.3) is 0 Å². The summed E-state index contributed by atoms with van der Waals surface area (Å²) >= 11 is 0. The minimum Gasteiger partial charge on any atom is -0.434 e. The quantitative estimate of drug-likeness (QED) is 0.198. The molecule has 0 aromatic heterocycles. The average molecular weight is 642 g/mol. The second-order valence-corrected chi connectivity index (χ2v) is 12.8. The number of urea groups is 1. The van der Waals surface area contributed by atoms with Gasteiger partial charge in [0.2, 0.25) is 0 Å². The van der Waals surface area contributed by atoms with E-state index < -0.39 is 30.3 Å². The molecule has 3 aromatic rings. The third-order valence-electron chi connectivity index (χ3n) is 9.01. The molecule has 2 saturated heterocycles. The average Bonchev–Trinajstić information content (AvgIpc) is 3.48. The van der Waals surface area contributed by atoms with Gasteiger partial charge >= 0.3 is 12.1 Å². The number of hydrogen-bond donors (Lipinski definition) is 4. The van der Waals surface area contributed by atoms with Crippen molar-refractivity contribution in [3.63, 3.8) is 0 Å². The number of rotatable bonds is 15. The molecule has 10 heteroatoms. The molecule has 250 valence electrons. The minimum absolute atomic E-state index is 0.0184. The molecule has 10 nitrogen and oxygen atoms in total. The number of aliphatic hydroxyl groups excluding tert-OH is 1. The van der Waals surface area contributed by atoms with Gasteiger partial charge in [-0.2, -0.15) is 0 Å². The van der Waals surface area contributed by atoms with Crippen molar-refractivity contribution in [2.75, 3.05) is 31.1 Å². The molecule has 4 amide bonds. The molecule has 0 saturated carbocycles. The van der Waals surface area contributed by atoms with E-state index in [1.807, 2.05) is 71.6 Å². The van der Waals surface area contributed by atoms with E-state index in [0.29, 0.717) is 44.6 Å². The highest BCUT2D eigenvalue weighted by Gasteiger charge is 2.38. The maximum absolute atomic E-state index is 13.6. The molecule has 5 rings (SSSR count). The molecule has 47 heavy (non-hydrogen) atoms. The summed E-state index contributed by atoms with van der Waals surface area (Å²) in [4.78, 5) is 42.3. The summed E-state index contributed by atoms with van der Waals surface area (Å²) in [5.74, 6) is -0.219. The van der Waals surface area contributed by atoms with E-state index >= 15 is 0 Å². The van der Waals surface area contributed by atoms with Crippen molar-refractivity contribution < 1.29 is 24.2 Å². The van der Waals surface area contributed by atoms with Crippen molar-refractivity contribution in [3.8, 4) is 0 Å². The summed E-state index contributed by atoms with van der Waals surface area (Å²) in [6.45, 7) is 6.29. The van der Waals surface area contributed by atoms with Crippen molar-refractivity contribution >= 4 is 23.7 Å². The second kappa shape index (κ2) is 16.4. The van der Waals surface area contributed by atoms with Crippen molar-refractivity contribution in [1.82, 2.24) is 20.9 Å². The standard InChI is InChI=1S/C37H47N5O5/c1-26(2)32(41-20-12-19-38-36(41)45)24-39-29(21-27-13-6-3-7-14-27)23-33(43)31(22-28-15-8-4-9-16-28)40-35(44)34-25-42(37(46)47-34)30-17-10-5-11-18-30/h3-11,13-18,26,29,31-34,39,43H,12,19-25H2,1-2H3,(H,38,45)(H,40,44)/t29?,31?,32?,33-,34?/m0/s1. The number of cyclic esters (lactones) is 1. The molecule has 2 aliphatic rings. The topological polar surface area (TPSA) is 123 Å². The van der Waals surface area contributed by atoms with E-state index in [2.05, 4.69) is 41.9 Å². The smallest absolute Gasteiger partial charge is 0.415 e. The molecule has 4 unspecified atom stereocenters. The Morgan fingerprint density at radius 3 is 2.17 bits per heavy atom. The second-order valence-electron chi connectivity index (χ2n) is 12.8. The molecule has 0 spiro atoms. The summed E-state index contributed by atoms with van der Waals surface area (Å²) in [5, 5.41) is 21.5. The van der Waals surface area contributed by atoms with Gasteiger partial charge in [0.25, 0.3) is 5.91 Å². The molecule has 3 aromatic carbocycles. The fourth-order valence-electron chi connectivity index (χ4n) is 6.40. The zero-order valence-corrected chi connectivity index (χ0v) is 27.3. The lowest BCUT2D eigenvalue weighted by Crippen LogP contribution is -2.57. The number of hydrogen-bond acceptors (Lipinski definition) is 6. The monoisotopic (exact) mass is 641 g/mol. The number of para-hydroxylation sites is 1. The van der Waals surface area contributed by atoms with Crippen LogP contribution in [-0.4, -0.2) is 84.6 Å². The van der Waals surface area contributed by atoms with Crippen molar-refractivity contribution in [1.29, 1.82) is 0 Å². The fraction of sp³-hybridized carbons (Fsp3) is 0.432. The normalized spacial score (nSPS) is 19.1. The maximum atomic E-state index is 13.6. The Morgan fingerprint density at radius 1 is 0.936 bits per heavy atom. The summed E-state index contributed by atoms with van der Waals surface area (Å²) in [6.07, 6.45) is -0.186. The molecular formula is C37H47N5O5. The molecule has 2 aliphatic heterocycles. The Bertz CT molecular complexity index is 1440. The summed E-state index contributed by atoms with van der Waals surface area (Å²) in [5.41, 5.74) is 2.75. The molecule has 0 aliphatic carbocycles. The van der Waals surface area contributed by atoms with E-state index in [0.717, 1.165) is 17.5 Å². The summed E-state index contributed by atoms with van der Waals surface area (Å²) in [6, 6.07) is 28.1. The van der Waals surface area contributed by atoms with Crippen LogP contribution in [0.5, 0.6) is 0 Å². The van der Waals surface area contributed by atoms with Crippen molar-refractivity contribution in [2.24, 2.45) is 5.92 Å². The lowest BCUT2D eigenvalue weighted by molar-refractivity contribution is -0.129. The molecule has 2 fully saturated rings. The van der Waals surface area contributed by atoms with Crippen LogP contribution in [0, 0.1) is 5.92 Å². The third-order valence-corrected chi connectivity index (χ3v) is 9.01. The first-order chi connectivity index (χ1) is 22.8. The molecule has 2 heterocycles. The number of nitrogens with one attached hydrogen (secondary N) is 3. The van der Waals surface area contributed by atoms with E-state index in [4.69, 9.17) is 4.74 Å². The lowest BCUT2D eigenvalue weighted by Gasteiger charge is -2.38. The number of amides is 4. The molecule has 0 bridgehead atoms. The molecule has 0 radical (unpaired) electrons. The van der Waals surface area contributed by atoms with Crippen LogP contribution >= 0.6 is 0 Å². The number of carbonyl (C=O) groups excluding carboxylic acids is 3. The molecule has 4 N–H and O–H groups in total. The van der Waals surface area contributed by atoms with Crippen LogP contribution in [0.4, 0.5) is 15.3 Å². The van der Waals surface area contributed by atoms with Crippen LogP contribution in [-0.2, 0) is 22.4 Å². The Kier molecular flexibility index (Phi) is 11.9. The Morgan fingerprint density at radius 2 is 1.55 bits per heavy atom. The molecular weight excluding hydrogens is 594 g/mol. The van der Waals surface area contributed by atoms with Gasteiger partial charge in [-0.3, -0.25) is 9.69 Å². The number of anilines is 1. The molecule has 5 atom stereocenters. The predicted molar refractivity (Wildman–Crippen MR) is 182 cm³/mol. The van der Waals surface area contributed by atoms with Gasteiger partial charge in [-0.1, -0.05) is 92.7 Å². The third kappa shape index (κ3) is 9.33. The number of benzene rings is 3. The van der Waals surface area contributed by atoms with Crippen LogP contribution in [0.1, 0.15) is 37.8 Å². The number of carbonyl (C=O) groups is 3. The van der Waals surface area contributed by atoms with Gasteiger partial charge in [0.1, 0.15) is 0 Å². The van der Waals surface area contributed by atoms with Crippen LogP contribution < -0.4 is 20.9 Å². The maximum Gasteiger partial charge on any atom is 0.415 e. The first kappa shape index (κ1) is 33.9. The Labute approximate surface area is 277 Å². The van der Waals surface area contributed by atoms with Gasteiger partial charge in [0.05, 0.1) is 18.7 Å². The van der Waals surface area contributed by atoms with Gasteiger partial charge in [-0.25, -0.2) is 9.59 Å². The van der Waals surface area contributed by atoms with Crippen LogP contribution in [0.3, 0.4) is 0 Å². The van der Waals surface area contributed by atoms with Gasteiger partial charge in [-0.15, -0.1) is 0 Å². The lowest BCUT2D eigenvalue weighted by atomic mass is 9.92. The highest BCUT2D eigenvalue weighted by Crippen LogP contribution is 2.22. The van der Waals surface area contributed by atoms with Crippen LogP contribution in [0.15, 0.2) is 91.0 Å². The fourth-order valence-corrected chi connectivity index (χ4v) is 6.40. The van der Waals surface area contributed by atoms with Gasteiger partial charge in [0.15, 0.2) is 6.10 Å². The number of nitrogens with zero attached hydrogens (tertiary/aromatic N) is 2. The Hall–Kier alpha value is -4.41. The van der Waals surface area contributed by atoms with E-state index in [1.54, 1.807) is 12.1 Å². The zero-order valence-electron chi connectivity index (χ0n) is 27.3. The van der Waals surface area contributed by atoms with Crippen molar-refractivity contribution in [3.05, 3.63) is 102 Å². The number of aliphatic hydroxyl groups is 1. The minimum atomic E-state index is -1.01.